The van der Waals surface area contributed by atoms with Crippen molar-refractivity contribution < 1.29 is 9.90 Å². The first kappa shape index (κ1) is 10.7. The largest absolute Gasteiger partial charge is 0.504 e. The van der Waals surface area contributed by atoms with Crippen LogP contribution in [0.4, 0.5) is 0 Å². The zero-order chi connectivity index (χ0) is 11.8. The van der Waals surface area contributed by atoms with Gasteiger partial charge < -0.3 is 5.11 Å². The Hall–Kier alpha value is -1.83. The predicted octanol–water partition coefficient (Wildman–Crippen LogP) is 3.12. The van der Waals surface area contributed by atoms with Crippen molar-refractivity contribution in [3.05, 3.63) is 53.8 Å². The molecule has 1 aromatic carbocycles. The molecule has 1 aliphatic carbocycles. The maximum atomic E-state index is 11.8. The summed E-state index contributed by atoms with van der Waals surface area (Å²) in [5, 5.41) is 9.62. The van der Waals surface area contributed by atoms with Gasteiger partial charge in [-0.1, -0.05) is 50.3 Å². The average molecular weight is 214 g/mol. The fourth-order valence-corrected chi connectivity index (χ4v) is 1.87. The first-order chi connectivity index (χ1) is 7.49. The van der Waals surface area contributed by atoms with Gasteiger partial charge in [0.15, 0.2) is 5.76 Å². The van der Waals surface area contributed by atoms with Crippen molar-refractivity contribution >= 4 is 11.4 Å². The monoisotopic (exact) mass is 214 g/mol. The highest BCUT2D eigenvalue weighted by atomic mass is 16.3. The SMILES string of the molecule is CC1(C)C=C(O)C(=O)C(c2ccccc2)=C1. The fourth-order valence-electron chi connectivity index (χ4n) is 1.87. The summed E-state index contributed by atoms with van der Waals surface area (Å²) >= 11 is 0. The molecule has 1 N–H and O–H groups in total. The van der Waals surface area contributed by atoms with E-state index in [9.17, 15) is 9.90 Å². The predicted molar refractivity (Wildman–Crippen MR) is 63.9 cm³/mol. The Kier molecular flexibility index (Phi) is 2.43. The molecule has 0 bridgehead atoms. The van der Waals surface area contributed by atoms with E-state index >= 15 is 0 Å². The van der Waals surface area contributed by atoms with E-state index in [1.54, 1.807) is 6.08 Å². The highest BCUT2D eigenvalue weighted by Gasteiger charge is 2.27. The molecule has 82 valence electrons. The molecule has 2 nitrogen and oxygen atoms in total. The molecule has 0 spiro atoms. The average Bonchev–Trinajstić information content (AvgIpc) is 2.24. The van der Waals surface area contributed by atoms with Crippen LogP contribution < -0.4 is 0 Å². The normalized spacial score (nSPS) is 19.0. The number of hydrogen-bond donors (Lipinski definition) is 1. The summed E-state index contributed by atoms with van der Waals surface area (Å²) in [6, 6.07) is 9.41. The lowest BCUT2D eigenvalue weighted by Crippen LogP contribution is -2.18. The molecule has 0 saturated carbocycles. The van der Waals surface area contributed by atoms with Crippen LogP contribution in [-0.4, -0.2) is 10.9 Å². The number of benzene rings is 1. The van der Waals surface area contributed by atoms with E-state index in [1.807, 2.05) is 50.3 Å². The van der Waals surface area contributed by atoms with Crippen molar-refractivity contribution in [1.29, 1.82) is 0 Å². The first-order valence-corrected chi connectivity index (χ1v) is 5.24. The molecule has 2 rings (SSSR count). The molecule has 0 radical (unpaired) electrons. The Morgan fingerprint density at radius 1 is 1.06 bits per heavy atom. The summed E-state index contributed by atoms with van der Waals surface area (Å²) in [6.45, 7) is 3.91. The number of rotatable bonds is 1. The van der Waals surface area contributed by atoms with Gasteiger partial charge in [-0.25, -0.2) is 0 Å². The van der Waals surface area contributed by atoms with Gasteiger partial charge in [0.1, 0.15) is 0 Å². The Balaban J connectivity index is 2.50. The maximum absolute atomic E-state index is 11.8. The number of aliphatic hydroxyl groups excluding tert-OH is 1. The lowest BCUT2D eigenvalue weighted by atomic mass is 9.82. The molecule has 0 aromatic heterocycles. The topological polar surface area (TPSA) is 37.3 Å². The van der Waals surface area contributed by atoms with Crippen LogP contribution in [-0.2, 0) is 4.79 Å². The van der Waals surface area contributed by atoms with Crippen LogP contribution >= 0.6 is 0 Å². The Morgan fingerprint density at radius 3 is 2.31 bits per heavy atom. The number of ketones is 1. The summed E-state index contributed by atoms with van der Waals surface area (Å²) in [5.74, 6) is -0.461. The number of Topliss-reactive ketones (excluding diaryl/α,β-unsaturated/α-hetero) is 1. The second kappa shape index (κ2) is 3.63. The van der Waals surface area contributed by atoms with Crippen LogP contribution in [0.2, 0.25) is 0 Å². The standard InChI is InChI=1S/C14H14O2/c1-14(2)8-11(13(16)12(15)9-14)10-6-4-3-5-7-10/h3-9,15H,1-2H3. The molecule has 0 fully saturated rings. The molecular formula is C14H14O2. The fraction of sp³-hybridized carbons (Fsp3) is 0.214. The summed E-state index contributed by atoms with van der Waals surface area (Å²) in [4.78, 5) is 11.8. The molecule has 16 heavy (non-hydrogen) atoms. The van der Waals surface area contributed by atoms with E-state index in [-0.39, 0.29) is 17.0 Å². The minimum atomic E-state index is -0.300. The van der Waals surface area contributed by atoms with E-state index in [4.69, 9.17) is 0 Å². The minimum Gasteiger partial charge on any atom is -0.504 e. The number of hydrogen-bond acceptors (Lipinski definition) is 2. The summed E-state index contributed by atoms with van der Waals surface area (Å²) in [5.41, 5.74) is 1.13. The van der Waals surface area contributed by atoms with E-state index < -0.39 is 0 Å². The van der Waals surface area contributed by atoms with Gasteiger partial charge in [-0.15, -0.1) is 0 Å². The van der Waals surface area contributed by atoms with Crippen molar-refractivity contribution in [3.63, 3.8) is 0 Å². The van der Waals surface area contributed by atoms with E-state index in [0.717, 1.165) is 5.56 Å². The van der Waals surface area contributed by atoms with Crippen molar-refractivity contribution in [2.75, 3.05) is 0 Å². The van der Waals surface area contributed by atoms with Crippen LogP contribution in [0.15, 0.2) is 48.2 Å². The van der Waals surface area contributed by atoms with E-state index in [0.29, 0.717) is 5.57 Å². The van der Waals surface area contributed by atoms with Gasteiger partial charge in [-0.3, -0.25) is 4.79 Å². The van der Waals surface area contributed by atoms with Gasteiger partial charge >= 0.3 is 0 Å². The maximum Gasteiger partial charge on any atom is 0.227 e. The van der Waals surface area contributed by atoms with Gasteiger partial charge in [0.2, 0.25) is 5.78 Å². The van der Waals surface area contributed by atoms with E-state index in [2.05, 4.69) is 0 Å². The van der Waals surface area contributed by atoms with Crippen LogP contribution in [0.3, 0.4) is 0 Å². The highest BCUT2D eigenvalue weighted by molar-refractivity contribution is 6.28. The molecule has 0 amide bonds. The van der Waals surface area contributed by atoms with Crippen LogP contribution in [0.25, 0.3) is 5.57 Å². The molecule has 0 aliphatic heterocycles. The summed E-state index contributed by atoms with van der Waals surface area (Å²) in [6.07, 6.45) is 3.48. The molecule has 0 heterocycles. The van der Waals surface area contributed by atoms with Crippen molar-refractivity contribution in [3.8, 4) is 0 Å². The summed E-state index contributed by atoms with van der Waals surface area (Å²) < 4.78 is 0. The Morgan fingerprint density at radius 2 is 1.69 bits per heavy atom. The molecule has 1 aliphatic rings. The zero-order valence-corrected chi connectivity index (χ0v) is 9.40. The zero-order valence-electron chi connectivity index (χ0n) is 9.40. The second-order valence-corrected chi connectivity index (χ2v) is 4.60. The van der Waals surface area contributed by atoms with E-state index in [1.165, 1.54) is 0 Å². The molecular weight excluding hydrogens is 200 g/mol. The molecule has 0 unspecified atom stereocenters. The second-order valence-electron chi connectivity index (χ2n) is 4.60. The van der Waals surface area contributed by atoms with Crippen molar-refractivity contribution in [1.82, 2.24) is 0 Å². The van der Waals surface area contributed by atoms with Gasteiger partial charge in [-0.05, 0) is 11.6 Å². The quantitative estimate of drug-likeness (QED) is 0.779. The Bertz CT molecular complexity index is 479. The smallest absolute Gasteiger partial charge is 0.227 e. The highest BCUT2D eigenvalue weighted by Crippen LogP contribution is 2.32. The van der Waals surface area contributed by atoms with Crippen LogP contribution in [0.5, 0.6) is 0 Å². The Labute approximate surface area is 94.9 Å². The molecule has 0 saturated heterocycles. The van der Waals surface area contributed by atoms with Gasteiger partial charge in [0.25, 0.3) is 0 Å². The summed E-state index contributed by atoms with van der Waals surface area (Å²) in [7, 11) is 0. The number of carbonyl (C=O) groups is 1. The van der Waals surface area contributed by atoms with Gasteiger partial charge in [-0.2, -0.15) is 0 Å². The third kappa shape index (κ3) is 1.91. The van der Waals surface area contributed by atoms with Crippen LogP contribution in [0.1, 0.15) is 19.4 Å². The van der Waals surface area contributed by atoms with Gasteiger partial charge in [0, 0.05) is 11.0 Å². The lowest BCUT2D eigenvalue weighted by Gasteiger charge is -2.22. The molecule has 1 aromatic rings. The number of allylic oxidation sites excluding steroid dienone is 3. The minimum absolute atomic E-state index is 0.161. The van der Waals surface area contributed by atoms with Gasteiger partial charge in [0.05, 0.1) is 0 Å². The number of carbonyl (C=O) groups excluding carboxylic acids is 1. The molecule has 0 atom stereocenters. The first-order valence-electron chi connectivity index (χ1n) is 5.24. The third-order valence-electron chi connectivity index (χ3n) is 2.59. The van der Waals surface area contributed by atoms with Crippen molar-refractivity contribution in [2.24, 2.45) is 5.41 Å². The van der Waals surface area contributed by atoms with Crippen LogP contribution in [0, 0.1) is 5.41 Å². The van der Waals surface area contributed by atoms with Crippen molar-refractivity contribution in [2.45, 2.75) is 13.8 Å². The third-order valence-corrected chi connectivity index (χ3v) is 2.59. The number of aliphatic hydroxyl groups is 1. The molecule has 2 heteroatoms. The lowest BCUT2D eigenvalue weighted by molar-refractivity contribution is -0.113.